The Morgan fingerprint density at radius 1 is 1.42 bits per heavy atom. The Balaban J connectivity index is 2.14. The number of hydrogen-bond donors (Lipinski definition) is 2. The number of aliphatic hydroxyl groups is 1. The van der Waals surface area contributed by atoms with E-state index in [-0.39, 0.29) is 64.9 Å². The van der Waals surface area contributed by atoms with Gasteiger partial charge in [0.25, 0.3) is 5.89 Å². The van der Waals surface area contributed by atoms with Crippen molar-refractivity contribution in [3.63, 3.8) is 0 Å². The van der Waals surface area contributed by atoms with Crippen LogP contribution in [-0.2, 0) is 9.53 Å². The van der Waals surface area contributed by atoms with Crippen LogP contribution in [0.5, 0.6) is 11.5 Å². The van der Waals surface area contributed by atoms with Gasteiger partial charge in [0.05, 0.1) is 30.2 Å². The van der Waals surface area contributed by atoms with Gasteiger partial charge in [0.15, 0.2) is 17.4 Å². The summed E-state index contributed by atoms with van der Waals surface area (Å²) in [5.41, 5.74) is 0.00381. The Kier molecular flexibility index (Phi) is 6.97. The fourth-order valence-electron chi connectivity index (χ4n) is 3.57. The summed E-state index contributed by atoms with van der Waals surface area (Å²) in [5.74, 6) is -1.48. The van der Waals surface area contributed by atoms with Crippen LogP contribution in [0.2, 0.25) is 5.02 Å². The van der Waals surface area contributed by atoms with Gasteiger partial charge in [-0.3, -0.25) is 9.59 Å². The molecule has 3 rings (SSSR count). The Hall–Kier alpha value is -2.91. The predicted molar refractivity (Wildman–Crippen MR) is 110 cm³/mol. The molecule has 0 spiro atoms. The summed E-state index contributed by atoms with van der Waals surface area (Å²) >= 11 is 6.35. The summed E-state index contributed by atoms with van der Waals surface area (Å²) < 4.78 is 16.0. The third-order valence-corrected chi connectivity index (χ3v) is 5.33. The Labute approximate surface area is 183 Å². The van der Waals surface area contributed by atoms with Gasteiger partial charge in [-0.2, -0.15) is 4.98 Å². The molecule has 1 heterocycles. The predicted octanol–water partition coefficient (Wildman–Crippen LogP) is 3.10. The molecule has 2 unspecified atom stereocenters. The summed E-state index contributed by atoms with van der Waals surface area (Å²) in [5, 5.41) is 23.6. The number of rotatable bonds is 7. The summed E-state index contributed by atoms with van der Waals surface area (Å²) in [6.07, 6.45) is 1.94. The number of methoxy groups -OCH3 is 1. The van der Waals surface area contributed by atoms with E-state index in [1.165, 1.54) is 19.3 Å². The van der Waals surface area contributed by atoms with Crippen LogP contribution in [0, 0.1) is 18.8 Å². The van der Waals surface area contributed by atoms with Gasteiger partial charge in [-0.1, -0.05) is 23.7 Å². The van der Waals surface area contributed by atoms with Crippen molar-refractivity contribution in [1.82, 2.24) is 10.1 Å². The fraction of sp³-hybridized carbons (Fsp3) is 0.429. The fourth-order valence-corrected chi connectivity index (χ4v) is 3.80. The second-order valence-electron chi connectivity index (χ2n) is 7.36. The maximum Gasteiger partial charge on any atom is 0.259 e. The first kappa shape index (κ1) is 22.8. The second-order valence-corrected chi connectivity index (χ2v) is 7.74. The molecule has 1 aromatic carbocycles. The van der Waals surface area contributed by atoms with Crippen molar-refractivity contribution in [2.75, 3.05) is 20.3 Å². The number of allylic oxidation sites excluding steroid dienone is 2. The number of carbonyl (C=O) groups excluding carboxylic acids is 2. The van der Waals surface area contributed by atoms with Crippen molar-refractivity contribution < 1.29 is 33.8 Å². The SMILES string of the molecule is COC1=CC(=O)CC(C)CC1C(=O)c1c(OCCO)cc(-c2nc(C)no2)c(Cl)c1O. The number of halogens is 1. The molecule has 0 radical (unpaired) electrons. The van der Waals surface area contributed by atoms with Crippen molar-refractivity contribution >= 4 is 23.2 Å². The van der Waals surface area contributed by atoms with Crippen LogP contribution in [0.3, 0.4) is 0 Å². The van der Waals surface area contributed by atoms with Gasteiger partial charge in [-0.15, -0.1) is 0 Å². The first-order valence-corrected chi connectivity index (χ1v) is 10.1. The van der Waals surface area contributed by atoms with E-state index < -0.39 is 17.5 Å². The molecule has 166 valence electrons. The smallest absolute Gasteiger partial charge is 0.259 e. The topological polar surface area (TPSA) is 132 Å². The molecular formula is C21H23ClN2O7. The lowest BCUT2D eigenvalue weighted by Crippen LogP contribution is -2.21. The molecule has 1 aliphatic carbocycles. The highest BCUT2D eigenvalue weighted by Crippen LogP contribution is 2.44. The molecule has 0 saturated heterocycles. The Bertz CT molecular complexity index is 1030. The zero-order chi connectivity index (χ0) is 22.7. The number of nitrogens with zero attached hydrogens (tertiary/aromatic N) is 2. The molecular weight excluding hydrogens is 428 g/mol. The lowest BCUT2D eigenvalue weighted by molar-refractivity contribution is -0.115. The zero-order valence-electron chi connectivity index (χ0n) is 17.3. The van der Waals surface area contributed by atoms with E-state index in [2.05, 4.69) is 10.1 Å². The monoisotopic (exact) mass is 450 g/mol. The molecule has 0 saturated carbocycles. The number of phenols is 1. The van der Waals surface area contributed by atoms with Gasteiger partial charge in [-0.05, 0) is 25.3 Å². The molecule has 2 aromatic rings. The first-order valence-electron chi connectivity index (χ1n) is 9.69. The molecule has 1 aromatic heterocycles. The number of Topliss-reactive ketones (excluding diaryl/α,β-unsaturated/α-hetero) is 1. The van der Waals surface area contributed by atoms with Gasteiger partial charge in [0, 0.05) is 12.5 Å². The highest BCUT2D eigenvalue weighted by Gasteiger charge is 2.35. The number of aromatic nitrogens is 2. The number of benzene rings is 1. The molecule has 1 aliphatic rings. The van der Waals surface area contributed by atoms with E-state index in [1.807, 2.05) is 6.92 Å². The average molecular weight is 451 g/mol. The summed E-state index contributed by atoms with van der Waals surface area (Å²) in [4.78, 5) is 29.7. The van der Waals surface area contributed by atoms with E-state index >= 15 is 0 Å². The van der Waals surface area contributed by atoms with Gasteiger partial charge in [0.2, 0.25) is 0 Å². The van der Waals surface area contributed by atoms with E-state index in [4.69, 9.17) is 25.6 Å². The molecule has 0 aliphatic heterocycles. The van der Waals surface area contributed by atoms with Crippen LogP contribution in [0.4, 0.5) is 0 Å². The largest absolute Gasteiger partial charge is 0.505 e. The Morgan fingerprint density at radius 3 is 2.77 bits per heavy atom. The summed E-state index contributed by atoms with van der Waals surface area (Å²) in [6, 6.07) is 1.40. The number of hydrogen-bond acceptors (Lipinski definition) is 9. The van der Waals surface area contributed by atoms with E-state index in [0.717, 1.165) is 0 Å². The van der Waals surface area contributed by atoms with Gasteiger partial charge < -0.3 is 24.2 Å². The van der Waals surface area contributed by atoms with Crippen LogP contribution < -0.4 is 4.74 Å². The van der Waals surface area contributed by atoms with E-state index in [0.29, 0.717) is 12.2 Å². The number of carbonyl (C=O) groups is 2. The molecule has 0 amide bonds. The molecule has 0 bridgehead atoms. The molecule has 10 heteroatoms. The minimum atomic E-state index is -0.818. The van der Waals surface area contributed by atoms with Crippen LogP contribution in [-0.4, -0.2) is 52.2 Å². The molecule has 2 N–H and O–H groups in total. The van der Waals surface area contributed by atoms with Crippen molar-refractivity contribution in [3.05, 3.63) is 34.3 Å². The number of ketones is 2. The normalized spacial score (nSPS) is 19.0. The lowest BCUT2D eigenvalue weighted by Gasteiger charge is -2.21. The number of ether oxygens (including phenoxy) is 2. The molecule has 9 nitrogen and oxygen atoms in total. The number of aromatic hydroxyl groups is 1. The molecule has 31 heavy (non-hydrogen) atoms. The number of aliphatic hydroxyl groups excluding tert-OH is 1. The number of phenolic OH excluding ortho intramolecular Hbond substituents is 1. The Morgan fingerprint density at radius 2 is 2.16 bits per heavy atom. The molecule has 0 fully saturated rings. The minimum Gasteiger partial charge on any atom is -0.505 e. The summed E-state index contributed by atoms with van der Waals surface area (Å²) in [7, 11) is 1.38. The maximum absolute atomic E-state index is 13.5. The third kappa shape index (κ3) is 4.72. The zero-order valence-corrected chi connectivity index (χ0v) is 18.1. The van der Waals surface area contributed by atoms with Crippen LogP contribution in [0.1, 0.15) is 35.9 Å². The second kappa shape index (κ2) is 9.49. The molecule has 2 atom stereocenters. The maximum atomic E-state index is 13.5. The highest BCUT2D eigenvalue weighted by atomic mass is 35.5. The highest BCUT2D eigenvalue weighted by molar-refractivity contribution is 6.35. The van der Waals surface area contributed by atoms with Crippen LogP contribution >= 0.6 is 11.6 Å². The van der Waals surface area contributed by atoms with Gasteiger partial charge in [0.1, 0.15) is 29.4 Å². The van der Waals surface area contributed by atoms with Crippen LogP contribution in [0.25, 0.3) is 11.5 Å². The van der Waals surface area contributed by atoms with Gasteiger partial charge in [-0.25, -0.2) is 0 Å². The lowest BCUT2D eigenvalue weighted by atomic mass is 9.87. The average Bonchev–Trinajstić information content (AvgIpc) is 3.09. The van der Waals surface area contributed by atoms with Crippen LogP contribution in [0.15, 0.2) is 22.4 Å². The first-order chi connectivity index (χ1) is 14.8. The summed E-state index contributed by atoms with van der Waals surface area (Å²) in [6.45, 7) is 3.04. The van der Waals surface area contributed by atoms with Crippen molar-refractivity contribution in [3.8, 4) is 23.0 Å². The van der Waals surface area contributed by atoms with Gasteiger partial charge >= 0.3 is 0 Å². The van der Waals surface area contributed by atoms with Crippen molar-refractivity contribution in [2.24, 2.45) is 11.8 Å². The third-order valence-electron chi connectivity index (χ3n) is 4.94. The van der Waals surface area contributed by atoms with E-state index in [1.54, 1.807) is 6.92 Å². The number of aryl methyl sites for hydroxylation is 1. The van der Waals surface area contributed by atoms with Crippen molar-refractivity contribution in [2.45, 2.75) is 26.7 Å². The van der Waals surface area contributed by atoms with E-state index in [9.17, 15) is 19.8 Å². The quantitative estimate of drug-likeness (QED) is 0.610. The van der Waals surface area contributed by atoms with Crippen molar-refractivity contribution in [1.29, 1.82) is 0 Å². The minimum absolute atomic E-state index is 0.00881. The standard InChI is InChI=1S/C21H23ClN2O7/c1-10-6-12(26)8-15(29-3)13(7-10)19(27)17-16(30-5-4-25)9-14(18(22)20(17)28)21-23-11(2)24-31-21/h8-10,13,25,28H,4-7H2,1-3H3.